The Hall–Kier alpha value is -2.30. The first-order chi connectivity index (χ1) is 11.7. The van der Waals surface area contributed by atoms with E-state index in [1.165, 1.54) is 5.56 Å². The number of nitrogens with zero attached hydrogens (tertiary/aromatic N) is 3. The Morgan fingerprint density at radius 1 is 1.12 bits per heavy atom. The van der Waals surface area contributed by atoms with Crippen LogP contribution < -0.4 is 0 Å². The molecule has 1 aliphatic rings. The van der Waals surface area contributed by atoms with Crippen molar-refractivity contribution in [2.24, 2.45) is 0 Å². The molecule has 1 saturated heterocycles. The fraction of sp³-hybridized carbons (Fsp3) is 0.300. The second kappa shape index (κ2) is 7.99. The molecule has 0 unspecified atom stereocenters. The molecule has 1 aromatic heterocycles. The van der Waals surface area contributed by atoms with E-state index in [0.717, 1.165) is 38.3 Å². The molecule has 0 atom stereocenters. The first-order valence-corrected chi connectivity index (χ1v) is 8.33. The first-order valence-electron chi connectivity index (χ1n) is 8.33. The average Bonchev–Trinajstić information content (AvgIpc) is 2.63. The van der Waals surface area contributed by atoms with Gasteiger partial charge in [0.05, 0.1) is 0 Å². The van der Waals surface area contributed by atoms with Gasteiger partial charge < -0.3 is 4.90 Å². The number of piperazine rings is 1. The number of rotatable bonds is 5. The third kappa shape index (κ3) is 4.37. The van der Waals surface area contributed by atoms with Gasteiger partial charge in [0.1, 0.15) is 0 Å². The molecule has 1 fully saturated rings. The van der Waals surface area contributed by atoms with Gasteiger partial charge in [-0.15, -0.1) is 0 Å². The lowest BCUT2D eigenvalue weighted by Gasteiger charge is -2.32. The number of carbonyl (C=O) groups excluding carboxylic acids is 1. The summed E-state index contributed by atoms with van der Waals surface area (Å²) in [4.78, 5) is 21.0. The van der Waals surface area contributed by atoms with Crippen LogP contribution in [0.2, 0.25) is 0 Å². The number of aromatic nitrogens is 1. The lowest BCUT2D eigenvalue weighted by Crippen LogP contribution is -2.43. The standard InChI is InChI=1S/C20H23N3O/c1-22-11-13-23(14-12-22)16-19-6-3-2-5-17(19)8-9-20(24)18-7-4-10-21-15-18/h2-10,15H,11-14,16H2,1H3. The highest BCUT2D eigenvalue weighted by molar-refractivity contribution is 6.06. The van der Waals surface area contributed by atoms with Crippen LogP contribution in [-0.4, -0.2) is 53.8 Å². The van der Waals surface area contributed by atoms with Gasteiger partial charge in [0.15, 0.2) is 5.78 Å². The molecule has 4 heteroatoms. The molecule has 0 saturated carbocycles. The number of allylic oxidation sites excluding steroid dienone is 1. The average molecular weight is 321 g/mol. The molecule has 0 radical (unpaired) electrons. The quantitative estimate of drug-likeness (QED) is 0.627. The molecule has 1 aliphatic heterocycles. The third-order valence-corrected chi connectivity index (χ3v) is 4.41. The Bertz CT molecular complexity index is 704. The van der Waals surface area contributed by atoms with Gasteiger partial charge in [0.25, 0.3) is 0 Å². The summed E-state index contributed by atoms with van der Waals surface area (Å²) < 4.78 is 0. The second-order valence-electron chi connectivity index (χ2n) is 6.22. The van der Waals surface area contributed by atoms with Crippen LogP contribution in [0.4, 0.5) is 0 Å². The minimum absolute atomic E-state index is 0.0162. The minimum Gasteiger partial charge on any atom is -0.304 e. The van der Waals surface area contributed by atoms with Gasteiger partial charge in [0, 0.05) is 50.7 Å². The molecule has 4 nitrogen and oxygen atoms in total. The van der Waals surface area contributed by atoms with Crippen LogP contribution in [0.3, 0.4) is 0 Å². The van der Waals surface area contributed by atoms with Gasteiger partial charge in [-0.05, 0) is 36.4 Å². The zero-order valence-corrected chi connectivity index (χ0v) is 14.1. The number of ketones is 1. The Labute approximate surface area is 143 Å². The maximum Gasteiger partial charge on any atom is 0.187 e. The number of pyridine rings is 1. The van der Waals surface area contributed by atoms with E-state index in [1.807, 2.05) is 12.1 Å². The topological polar surface area (TPSA) is 36.4 Å². The van der Waals surface area contributed by atoms with Gasteiger partial charge in [0.2, 0.25) is 0 Å². The summed E-state index contributed by atoms with van der Waals surface area (Å²) in [6.45, 7) is 5.32. The summed E-state index contributed by atoms with van der Waals surface area (Å²) in [6.07, 6.45) is 6.83. The summed E-state index contributed by atoms with van der Waals surface area (Å²) in [6, 6.07) is 11.9. The molecule has 0 bridgehead atoms. The van der Waals surface area contributed by atoms with E-state index in [9.17, 15) is 4.79 Å². The van der Waals surface area contributed by atoms with Gasteiger partial charge in [-0.2, -0.15) is 0 Å². The van der Waals surface area contributed by atoms with Crippen molar-refractivity contribution in [2.75, 3.05) is 33.2 Å². The maximum absolute atomic E-state index is 12.2. The smallest absolute Gasteiger partial charge is 0.187 e. The maximum atomic E-state index is 12.2. The predicted molar refractivity (Wildman–Crippen MR) is 96.8 cm³/mol. The van der Waals surface area contributed by atoms with Crippen molar-refractivity contribution in [1.82, 2.24) is 14.8 Å². The molecule has 1 aromatic carbocycles. The highest BCUT2D eigenvalue weighted by Gasteiger charge is 2.14. The van der Waals surface area contributed by atoms with Crippen molar-refractivity contribution in [2.45, 2.75) is 6.54 Å². The molecule has 3 rings (SSSR count). The third-order valence-electron chi connectivity index (χ3n) is 4.41. The SMILES string of the molecule is CN1CCN(Cc2ccccc2C=CC(=O)c2cccnc2)CC1. The summed E-state index contributed by atoms with van der Waals surface area (Å²) in [7, 11) is 2.16. The molecule has 0 amide bonds. The molecular formula is C20H23N3O. The monoisotopic (exact) mass is 321 g/mol. The molecule has 0 spiro atoms. The molecule has 124 valence electrons. The molecule has 0 aliphatic carbocycles. The van der Waals surface area contributed by atoms with Crippen LogP contribution >= 0.6 is 0 Å². The van der Waals surface area contributed by atoms with E-state index in [0.29, 0.717) is 5.56 Å². The fourth-order valence-electron chi connectivity index (χ4n) is 2.86. The fourth-order valence-corrected chi connectivity index (χ4v) is 2.86. The zero-order chi connectivity index (χ0) is 16.8. The number of hydrogen-bond acceptors (Lipinski definition) is 4. The van der Waals surface area contributed by atoms with E-state index in [4.69, 9.17) is 0 Å². The van der Waals surface area contributed by atoms with E-state index < -0.39 is 0 Å². The van der Waals surface area contributed by atoms with E-state index in [-0.39, 0.29) is 5.78 Å². The van der Waals surface area contributed by atoms with Crippen molar-refractivity contribution in [3.05, 3.63) is 71.6 Å². The molecule has 2 aromatic rings. The summed E-state index contributed by atoms with van der Waals surface area (Å²) >= 11 is 0. The van der Waals surface area contributed by atoms with Gasteiger partial charge in [-0.3, -0.25) is 14.7 Å². The zero-order valence-electron chi connectivity index (χ0n) is 14.1. The normalized spacial score (nSPS) is 16.5. The predicted octanol–water partition coefficient (Wildman–Crippen LogP) is 2.73. The van der Waals surface area contributed by atoms with Crippen LogP contribution in [0, 0.1) is 0 Å². The first kappa shape index (κ1) is 16.6. The Morgan fingerprint density at radius 2 is 1.92 bits per heavy atom. The van der Waals surface area contributed by atoms with Crippen LogP contribution in [0.15, 0.2) is 54.9 Å². The van der Waals surface area contributed by atoms with Gasteiger partial charge in [-0.1, -0.05) is 30.3 Å². The van der Waals surface area contributed by atoms with E-state index in [1.54, 1.807) is 30.6 Å². The second-order valence-corrected chi connectivity index (χ2v) is 6.22. The molecule has 24 heavy (non-hydrogen) atoms. The molecule has 0 N–H and O–H groups in total. The molecular weight excluding hydrogens is 298 g/mol. The van der Waals surface area contributed by atoms with Crippen LogP contribution in [0.5, 0.6) is 0 Å². The van der Waals surface area contributed by atoms with Crippen molar-refractivity contribution in [1.29, 1.82) is 0 Å². The van der Waals surface area contributed by atoms with Crippen LogP contribution in [-0.2, 0) is 6.54 Å². The minimum atomic E-state index is -0.0162. The highest BCUT2D eigenvalue weighted by Crippen LogP contribution is 2.15. The van der Waals surface area contributed by atoms with Crippen molar-refractivity contribution in [3.8, 4) is 0 Å². The summed E-state index contributed by atoms with van der Waals surface area (Å²) in [5, 5.41) is 0. The van der Waals surface area contributed by atoms with Crippen molar-refractivity contribution < 1.29 is 4.79 Å². The van der Waals surface area contributed by atoms with Crippen molar-refractivity contribution in [3.63, 3.8) is 0 Å². The lowest BCUT2D eigenvalue weighted by molar-refractivity contribution is 0.104. The van der Waals surface area contributed by atoms with Crippen LogP contribution in [0.25, 0.3) is 6.08 Å². The van der Waals surface area contributed by atoms with E-state index in [2.05, 4.69) is 40.0 Å². The molecule has 2 heterocycles. The van der Waals surface area contributed by atoms with Crippen LogP contribution in [0.1, 0.15) is 21.5 Å². The number of hydrogen-bond donors (Lipinski definition) is 0. The number of likely N-dealkylation sites (N-methyl/N-ethyl adjacent to an activating group) is 1. The highest BCUT2D eigenvalue weighted by atomic mass is 16.1. The van der Waals surface area contributed by atoms with Crippen molar-refractivity contribution >= 4 is 11.9 Å². The summed E-state index contributed by atoms with van der Waals surface area (Å²) in [5.41, 5.74) is 2.98. The van der Waals surface area contributed by atoms with Gasteiger partial charge >= 0.3 is 0 Å². The van der Waals surface area contributed by atoms with Gasteiger partial charge in [-0.25, -0.2) is 0 Å². The largest absolute Gasteiger partial charge is 0.304 e. The Morgan fingerprint density at radius 3 is 2.67 bits per heavy atom. The summed E-state index contributed by atoms with van der Waals surface area (Å²) in [5.74, 6) is -0.0162. The Balaban J connectivity index is 1.70. The number of benzene rings is 1. The number of carbonyl (C=O) groups is 1. The lowest BCUT2D eigenvalue weighted by atomic mass is 10.0. The Kier molecular flexibility index (Phi) is 5.51. The van der Waals surface area contributed by atoms with E-state index >= 15 is 0 Å².